The number of aromatic nitrogens is 1. The molecule has 3 aliphatic rings. The first-order chi connectivity index (χ1) is 18.2. The van der Waals surface area contributed by atoms with Gasteiger partial charge in [-0.1, -0.05) is 57.7 Å². The highest BCUT2D eigenvalue weighted by Crippen LogP contribution is 2.45. The first-order valence-corrected chi connectivity index (χ1v) is 14.8. The molecular weight excluding hydrogens is 434 g/mol. The highest BCUT2D eigenvalue weighted by Gasteiger charge is 2.29. The molecule has 0 atom stereocenters. The van der Waals surface area contributed by atoms with Crippen molar-refractivity contribution < 1.29 is 7.31 Å². The summed E-state index contributed by atoms with van der Waals surface area (Å²) in [5.74, 6) is 1.90. The Morgan fingerprint density at radius 3 is 2.14 bits per heavy atom. The molecule has 0 saturated heterocycles. The first-order valence-electron chi connectivity index (χ1n) is 15.8. The minimum atomic E-state index is 0.322. The van der Waals surface area contributed by atoms with Crippen LogP contribution in [0, 0.1) is 12.3 Å². The number of hydrogen-bond acceptors (Lipinski definition) is 0. The smallest absolute Gasteiger partial charge is 0.200 e. The van der Waals surface area contributed by atoms with Crippen LogP contribution < -0.4 is 4.57 Å². The lowest BCUT2D eigenvalue weighted by Crippen LogP contribution is -2.31. The predicted octanol–water partition coefficient (Wildman–Crippen LogP) is 9.64. The van der Waals surface area contributed by atoms with Crippen LogP contribution in [-0.4, -0.2) is 0 Å². The molecule has 1 heteroatoms. The Labute approximate surface area is 222 Å². The Morgan fingerprint density at radius 1 is 0.806 bits per heavy atom. The zero-order valence-corrected chi connectivity index (χ0v) is 23.1. The lowest BCUT2D eigenvalue weighted by Gasteiger charge is -2.34. The van der Waals surface area contributed by atoms with Crippen molar-refractivity contribution in [3.63, 3.8) is 0 Å². The summed E-state index contributed by atoms with van der Waals surface area (Å²) in [4.78, 5) is 0. The summed E-state index contributed by atoms with van der Waals surface area (Å²) in [5, 5.41) is 2.09. The molecule has 0 amide bonds. The van der Waals surface area contributed by atoms with Gasteiger partial charge < -0.3 is 0 Å². The molecule has 0 bridgehead atoms. The molecule has 0 aliphatic heterocycles. The molecule has 6 rings (SSSR count). The maximum absolute atomic E-state index is 8.97. The Balaban J connectivity index is 1.52. The van der Waals surface area contributed by atoms with Crippen LogP contribution in [0.5, 0.6) is 0 Å². The minimum Gasteiger partial charge on any atom is -0.200 e. The monoisotopic (exact) mass is 482 g/mol. The average molecular weight is 483 g/mol. The van der Waals surface area contributed by atoms with Gasteiger partial charge in [-0.05, 0) is 121 Å². The van der Waals surface area contributed by atoms with E-state index in [0.29, 0.717) is 35.4 Å². The number of benzene rings is 2. The summed E-state index contributed by atoms with van der Waals surface area (Å²) in [7, 11) is 2.00. The molecule has 1 aromatic heterocycles. The lowest BCUT2D eigenvalue weighted by atomic mass is 9.71. The second-order valence-electron chi connectivity index (χ2n) is 13.1. The van der Waals surface area contributed by atoms with E-state index < -0.39 is 0 Å². The number of fused-ring (bicyclic) bond motifs is 1. The summed E-state index contributed by atoms with van der Waals surface area (Å²) in [6, 6.07) is 12.3. The van der Waals surface area contributed by atoms with Crippen LogP contribution in [0.4, 0.5) is 0 Å². The molecule has 1 heterocycles. The third-order valence-corrected chi connectivity index (χ3v) is 10.1. The molecule has 3 aliphatic carbocycles. The van der Waals surface area contributed by atoms with E-state index >= 15 is 0 Å². The molecular formula is C35H46N+. The van der Waals surface area contributed by atoms with Crippen LogP contribution >= 0.6 is 0 Å². The molecule has 3 fully saturated rings. The lowest BCUT2D eigenvalue weighted by molar-refractivity contribution is -0.659. The topological polar surface area (TPSA) is 3.88 Å². The molecule has 0 radical (unpaired) electrons. The number of pyridine rings is 1. The van der Waals surface area contributed by atoms with E-state index in [0.717, 1.165) is 16.5 Å². The van der Waals surface area contributed by atoms with E-state index in [-0.39, 0.29) is 0 Å². The van der Waals surface area contributed by atoms with E-state index in [1.54, 1.807) is 5.56 Å². The minimum absolute atomic E-state index is 0.322. The zero-order chi connectivity index (χ0) is 26.6. The van der Waals surface area contributed by atoms with Crippen molar-refractivity contribution >= 4 is 10.8 Å². The van der Waals surface area contributed by atoms with Gasteiger partial charge in [0.25, 0.3) is 0 Å². The third-order valence-electron chi connectivity index (χ3n) is 10.1. The van der Waals surface area contributed by atoms with Crippen molar-refractivity contribution in [2.24, 2.45) is 12.5 Å². The molecule has 0 unspecified atom stereocenters. The van der Waals surface area contributed by atoms with Gasteiger partial charge in [0, 0.05) is 6.04 Å². The Kier molecular flexibility index (Phi) is 5.85. The molecule has 190 valence electrons. The van der Waals surface area contributed by atoms with Gasteiger partial charge in [0.05, 0.1) is 12.3 Å². The number of nitrogens with zero attached hydrogens (tertiary/aromatic N) is 1. The van der Waals surface area contributed by atoms with Gasteiger partial charge in [0.2, 0.25) is 5.69 Å². The van der Waals surface area contributed by atoms with Crippen LogP contribution in [-0.2, 0) is 7.05 Å². The summed E-state index contributed by atoms with van der Waals surface area (Å²) in [6.07, 6.45) is 15.9. The van der Waals surface area contributed by atoms with E-state index in [2.05, 4.69) is 51.1 Å². The van der Waals surface area contributed by atoms with Gasteiger partial charge in [-0.2, -0.15) is 0 Å². The standard InChI is InChI=1S/C35H46N/c1-24-32(27-11-7-8-12-27)22-30(25-9-5-6-10-25)23-33(24)34-31-14-13-28(21-29(31)17-20-36(34)4)26-15-18-35(2,3)19-16-26/h13-14,17,20-23,25-27H,5-12,15-16,18-19H2,1-4H3/q+1/i17D,20D. The van der Waals surface area contributed by atoms with Crippen molar-refractivity contribution in [3.05, 3.63) is 64.8 Å². The van der Waals surface area contributed by atoms with E-state index in [9.17, 15) is 0 Å². The van der Waals surface area contributed by atoms with Crippen LogP contribution in [0.15, 0.2) is 42.5 Å². The Hall–Kier alpha value is -2.15. The van der Waals surface area contributed by atoms with Gasteiger partial charge in [0.1, 0.15) is 8.42 Å². The fourth-order valence-corrected chi connectivity index (χ4v) is 7.73. The number of rotatable bonds is 4. The fraction of sp³-hybridized carbons (Fsp3) is 0.571. The van der Waals surface area contributed by atoms with Gasteiger partial charge in [-0.25, -0.2) is 4.57 Å². The van der Waals surface area contributed by atoms with Crippen molar-refractivity contribution in [1.29, 1.82) is 0 Å². The Bertz CT molecular complexity index is 1350. The van der Waals surface area contributed by atoms with Crippen molar-refractivity contribution in [3.8, 4) is 11.3 Å². The van der Waals surface area contributed by atoms with Crippen LogP contribution in [0.25, 0.3) is 22.0 Å². The second-order valence-corrected chi connectivity index (χ2v) is 13.1. The molecule has 2 aromatic carbocycles. The van der Waals surface area contributed by atoms with Crippen molar-refractivity contribution in [1.82, 2.24) is 0 Å². The molecule has 1 nitrogen and oxygen atoms in total. The van der Waals surface area contributed by atoms with Gasteiger partial charge >= 0.3 is 0 Å². The van der Waals surface area contributed by atoms with Gasteiger partial charge in [0.15, 0.2) is 6.17 Å². The highest BCUT2D eigenvalue weighted by atomic mass is 14.9. The SMILES string of the molecule is [2H]c1c([2H])[n+](C)c(-c2cc(C3CCCC3)cc(C3CCCC3)c2C)c2ccc(C3CCC(C)(C)CC3)cc12. The maximum atomic E-state index is 8.97. The van der Waals surface area contributed by atoms with Gasteiger partial charge in [-0.3, -0.25) is 0 Å². The highest BCUT2D eigenvalue weighted by molar-refractivity contribution is 5.94. The molecule has 3 aromatic rings. The predicted molar refractivity (Wildman–Crippen MR) is 153 cm³/mol. The van der Waals surface area contributed by atoms with Crippen molar-refractivity contribution in [2.75, 3.05) is 0 Å². The fourth-order valence-electron chi connectivity index (χ4n) is 7.73. The quantitative estimate of drug-likeness (QED) is 0.326. The summed E-state index contributed by atoms with van der Waals surface area (Å²) in [6.45, 7) is 7.11. The maximum Gasteiger partial charge on any atom is 0.220 e. The van der Waals surface area contributed by atoms with E-state index in [1.165, 1.54) is 99.3 Å². The molecule has 0 N–H and O–H groups in total. The molecule has 36 heavy (non-hydrogen) atoms. The molecule has 0 spiro atoms. The zero-order valence-electron chi connectivity index (χ0n) is 25.1. The van der Waals surface area contributed by atoms with E-state index in [1.807, 2.05) is 11.6 Å². The number of hydrogen-bond donors (Lipinski definition) is 0. The van der Waals surface area contributed by atoms with E-state index in [4.69, 9.17) is 2.74 Å². The van der Waals surface area contributed by atoms with Crippen LogP contribution in [0.3, 0.4) is 0 Å². The van der Waals surface area contributed by atoms with Crippen molar-refractivity contribution in [2.45, 2.75) is 116 Å². The first kappa shape index (κ1) is 21.9. The summed E-state index contributed by atoms with van der Waals surface area (Å²) >= 11 is 0. The normalized spacial score (nSPS) is 22.3. The largest absolute Gasteiger partial charge is 0.220 e. The average Bonchev–Trinajstić information content (AvgIpc) is 3.63. The van der Waals surface area contributed by atoms with Crippen LogP contribution in [0.1, 0.15) is 134 Å². The third kappa shape index (κ3) is 4.52. The van der Waals surface area contributed by atoms with Gasteiger partial charge in [-0.15, -0.1) is 0 Å². The molecule has 3 saturated carbocycles. The van der Waals surface area contributed by atoms with Crippen LogP contribution in [0.2, 0.25) is 0 Å². The Morgan fingerprint density at radius 2 is 1.44 bits per heavy atom. The summed E-state index contributed by atoms with van der Waals surface area (Å²) in [5.41, 5.74) is 8.70. The summed E-state index contributed by atoms with van der Waals surface area (Å²) < 4.78 is 19.9. The second kappa shape index (κ2) is 9.62.